The third-order valence-corrected chi connectivity index (χ3v) is 7.43. The minimum Gasteiger partial charge on any atom is -0.460 e. The fourth-order valence-electron chi connectivity index (χ4n) is 4.75. The molecule has 0 bridgehead atoms. The number of nitrogens with zero attached hydrogens (tertiary/aromatic N) is 1. The summed E-state index contributed by atoms with van der Waals surface area (Å²) in [5.74, 6) is 2.04. The molecule has 0 fully saturated rings. The van der Waals surface area contributed by atoms with E-state index in [1.165, 1.54) is 42.4 Å². The van der Waals surface area contributed by atoms with Gasteiger partial charge in [0, 0.05) is 18.2 Å². The van der Waals surface area contributed by atoms with Gasteiger partial charge in [0.1, 0.15) is 11.5 Å². The summed E-state index contributed by atoms with van der Waals surface area (Å²) in [6, 6.07) is 19.9. The Balaban J connectivity index is 1.66. The molecule has 5 aromatic rings. The van der Waals surface area contributed by atoms with Crippen molar-refractivity contribution in [2.45, 2.75) is 60.3 Å². The Morgan fingerprint density at radius 2 is 1.65 bits per heavy atom. The molecule has 0 amide bonds. The van der Waals surface area contributed by atoms with Gasteiger partial charge in [0.25, 0.3) is 0 Å². The van der Waals surface area contributed by atoms with Crippen molar-refractivity contribution in [1.82, 2.24) is 4.98 Å². The number of aryl methyl sites for hydroxylation is 1. The molecule has 2 nitrogen and oxygen atoms in total. The van der Waals surface area contributed by atoms with Crippen LogP contribution in [-0.4, -0.2) is 4.98 Å². The van der Waals surface area contributed by atoms with Crippen molar-refractivity contribution in [2.75, 3.05) is 0 Å². The Morgan fingerprint density at radius 1 is 0.882 bits per heavy atom. The molecular formula is C31H33NOS. The van der Waals surface area contributed by atoms with E-state index in [4.69, 9.17) is 9.40 Å². The second-order valence-electron chi connectivity index (χ2n) is 11.6. The van der Waals surface area contributed by atoms with Crippen LogP contribution in [0, 0.1) is 12.3 Å². The van der Waals surface area contributed by atoms with Gasteiger partial charge in [0.15, 0.2) is 0 Å². The van der Waals surface area contributed by atoms with E-state index in [1.807, 2.05) is 6.20 Å². The zero-order valence-electron chi connectivity index (χ0n) is 21.2. The molecule has 0 spiro atoms. The van der Waals surface area contributed by atoms with Gasteiger partial charge in [-0.3, -0.25) is 4.98 Å². The van der Waals surface area contributed by atoms with Crippen LogP contribution in [0.3, 0.4) is 0 Å². The standard InChI is InChI=1S/C31H33NOS/c1-19-14-23(18-30(2,3)4)33-28(19)26-17-21-12-13-32-27(29(21)34-26)22-15-20-10-8-9-11-24(20)25(16-22)31(5,6)7/h8-17H,18H2,1-7H3. The first-order chi connectivity index (χ1) is 16.0. The molecule has 0 unspecified atom stereocenters. The number of hydrogen-bond donors (Lipinski definition) is 0. The lowest BCUT2D eigenvalue weighted by atomic mass is 9.82. The average Bonchev–Trinajstić information content (AvgIpc) is 3.33. The van der Waals surface area contributed by atoms with Crippen LogP contribution in [0.25, 0.3) is 42.8 Å². The van der Waals surface area contributed by atoms with Crippen LogP contribution in [0.4, 0.5) is 0 Å². The highest BCUT2D eigenvalue weighted by atomic mass is 32.1. The number of aromatic nitrogens is 1. The van der Waals surface area contributed by atoms with Gasteiger partial charge >= 0.3 is 0 Å². The first kappa shape index (κ1) is 22.9. The Bertz CT molecular complexity index is 1500. The molecule has 2 aromatic carbocycles. The quantitative estimate of drug-likeness (QED) is 0.264. The lowest BCUT2D eigenvalue weighted by molar-refractivity contribution is 0.366. The van der Waals surface area contributed by atoms with Crippen molar-refractivity contribution in [3.05, 3.63) is 77.7 Å². The first-order valence-electron chi connectivity index (χ1n) is 12.0. The zero-order chi connectivity index (χ0) is 24.3. The van der Waals surface area contributed by atoms with Crippen molar-refractivity contribution < 1.29 is 4.42 Å². The van der Waals surface area contributed by atoms with Gasteiger partial charge in [-0.1, -0.05) is 65.8 Å². The van der Waals surface area contributed by atoms with E-state index in [9.17, 15) is 0 Å². The van der Waals surface area contributed by atoms with Crippen molar-refractivity contribution >= 4 is 32.2 Å². The highest BCUT2D eigenvalue weighted by Gasteiger charge is 2.21. The normalized spacial score (nSPS) is 12.7. The number of benzene rings is 2. The van der Waals surface area contributed by atoms with E-state index in [2.05, 4.69) is 103 Å². The van der Waals surface area contributed by atoms with Gasteiger partial charge in [-0.2, -0.15) is 0 Å². The molecule has 3 heteroatoms. The lowest BCUT2D eigenvalue weighted by Crippen LogP contribution is -2.12. The molecule has 3 heterocycles. The molecule has 174 valence electrons. The Kier molecular flexibility index (Phi) is 5.44. The molecule has 0 saturated heterocycles. The van der Waals surface area contributed by atoms with Gasteiger partial charge < -0.3 is 4.42 Å². The summed E-state index contributed by atoms with van der Waals surface area (Å²) in [5, 5.41) is 3.79. The van der Waals surface area contributed by atoms with Crippen LogP contribution in [0.5, 0.6) is 0 Å². The maximum absolute atomic E-state index is 6.36. The maximum atomic E-state index is 6.36. The number of rotatable bonds is 3. The summed E-state index contributed by atoms with van der Waals surface area (Å²) in [6.07, 6.45) is 2.86. The molecule has 0 N–H and O–H groups in total. The number of furan rings is 1. The highest BCUT2D eigenvalue weighted by Crippen LogP contribution is 2.42. The van der Waals surface area contributed by atoms with Gasteiger partial charge in [-0.25, -0.2) is 0 Å². The molecule has 0 aliphatic carbocycles. The van der Waals surface area contributed by atoms with Gasteiger partial charge in [0.2, 0.25) is 0 Å². The summed E-state index contributed by atoms with van der Waals surface area (Å²) in [7, 11) is 0. The van der Waals surface area contributed by atoms with E-state index >= 15 is 0 Å². The molecule has 0 saturated carbocycles. The summed E-state index contributed by atoms with van der Waals surface area (Å²) >= 11 is 1.78. The first-order valence-corrected chi connectivity index (χ1v) is 12.8. The number of hydrogen-bond acceptors (Lipinski definition) is 3. The summed E-state index contributed by atoms with van der Waals surface area (Å²) < 4.78 is 7.57. The molecule has 34 heavy (non-hydrogen) atoms. The van der Waals surface area contributed by atoms with Gasteiger partial charge in [-0.15, -0.1) is 11.3 Å². The summed E-state index contributed by atoms with van der Waals surface area (Å²) in [4.78, 5) is 6.04. The Labute approximate surface area is 206 Å². The average molecular weight is 468 g/mol. The van der Waals surface area contributed by atoms with E-state index in [-0.39, 0.29) is 10.8 Å². The fraction of sp³-hybridized carbons (Fsp3) is 0.323. The topological polar surface area (TPSA) is 26.0 Å². The second-order valence-corrected chi connectivity index (χ2v) is 12.7. The monoisotopic (exact) mass is 467 g/mol. The molecular weight excluding hydrogens is 434 g/mol. The number of pyridine rings is 1. The maximum Gasteiger partial charge on any atom is 0.147 e. The fourth-order valence-corrected chi connectivity index (χ4v) is 5.97. The number of thiophene rings is 1. The largest absolute Gasteiger partial charge is 0.460 e. The molecule has 0 aliphatic rings. The highest BCUT2D eigenvalue weighted by molar-refractivity contribution is 7.22. The predicted molar refractivity (Wildman–Crippen MR) is 147 cm³/mol. The third kappa shape index (κ3) is 4.30. The van der Waals surface area contributed by atoms with Crippen molar-refractivity contribution in [3.63, 3.8) is 0 Å². The van der Waals surface area contributed by atoms with Crippen molar-refractivity contribution in [3.8, 4) is 21.9 Å². The van der Waals surface area contributed by atoms with E-state index in [1.54, 1.807) is 11.3 Å². The molecule has 0 aliphatic heterocycles. The minimum atomic E-state index is 0.0405. The number of fused-ring (bicyclic) bond motifs is 2. The van der Waals surface area contributed by atoms with Crippen molar-refractivity contribution in [2.24, 2.45) is 5.41 Å². The van der Waals surface area contributed by atoms with Crippen LogP contribution in [0.1, 0.15) is 58.4 Å². The van der Waals surface area contributed by atoms with E-state index in [0.717, 1.165) is 23.6 Å². The van der Waals surface area contributed by atoms with Crippen molar-refractivity contribution in [1.29, 1.82) is 0 Å². The smallest absolute Gasteiger partial charge is 0.147 e. The van der Waals surface area contributed by atoms with Crippen LogP contribution >= 0.6 is 11.3 Å². The molecule has 5 rings (SSSR count). The predicted octanol–water partition coefficient (Wildman–Crippen LogP) is 9.57. The van der Waals surface area contributed by atoms with Crippen LogP contribution in [0.15, 0.2) is 65.2 Å². The third-order valence-electron chi connectivity index (χ3n) is 6.27. The van der Waals surface area contributed by atoms with Gasteiger partial charge in [-0.05, 0) is 75.4 Å². The molecule has 0 atom stereocenters. The van der Waals surface area contributed by atoms with Crippen LogP contribution in [-0.2, 0) is 11.8 Å². The van der Waals surface area contributed by atoms with E-state index in [0.29, 0.717) is 0 Å². The SMILES string of the molecule is Cc1cc(CC(C)(C)C)oc1-c1cc2ccnc(-c3cc(C(C)(C)C)c4ccccc4c3)c2s1. The van der Waals surface area contributed by atoms with Crippen LogP contribution in [0.2, 0.25) is 0 Å². The molecule has 0 radical (unpaired) electrons. The lowest BCUT2D eigenvalue weighted by Gasteiger charge is -2.22. The van der Waals surface area contributed by atoms with Gasteiger partial charge in [0.05, 0.1) is 15.3 Å². The summed E-state index contributed by atoms with van der Waals surface area (Å²) in [6.45, 7) is 15.7. The Hall–Kier alpha value is -2.91. The van der Waals surface area contributed by atoms with E-state index < -0.39 is 0 Å². The van der Waals surface area contributed by atoms with Crippen LogP contribution < -0.4 is 0 Å². The minimum absolute atomic E-state index is 0.0405. The molecule has 3 aromatic heterocycles. The Morgan fingerprint density at radius 3 is 2.38 bits per heavy atom. The summed E-state index contributed by atoms with van der Waals surface area (Å²) in [5.41, 5.74) is 5.00. The zero-order valence-corrected chi connectivity index (χ0v) is 22.1. The second kappa shape index (κ2) is 8.09.